The first-order valence-electron chi connectivity index (χ1n) is 4.35. The van der Waals surface area contributed by atoms with Crippen molar-refractivity contribution in [1.29, 1.82) is 0 Å². The molecule has 12 heavy (non-hydrogen) atoms. The SMILES string of the molecule is CC#CC(CC(C)=CCC)SC. The zero-order chi connectivity index (χ0) is 9.40. The largest absolute Gasteiger partial charge is 0.149 e. The second-order valence-corrected chi connectivity index (χ2v) is 3.82. The third kappa shape index (κ3) is 5.32. The lowest BCUT2D eigenvalue weighted by Gasteiger charge is -2.06. The minimum absolute atomic E-state index is 0.484. The first kappa shape index (κ1) is 11.6. The molecule has 0 aromatic heterocycles. The molecule has 68 valence electrons. The van der Waals surface area contributed by atoms with E-state index in [1.54, 1.807) is 0 Å². The highest BCUT2D eigenvalue weighted by molar-refractivity contribution is 7.99. The molecule has 0 N–H and O–H groups in total. The second-order valence-electron chi connectivity index (χ2n) is 2.78. The van der Waals surface area contributed by atoms with Crippen LogP contribution in [0.25, 0.3) is 0 Å². The van der Waals surface area contributed by atoms with Crippen molar-refractivity contribution in [1.82, 2.24) is 0 Å². The van der Waals surface area contributed by atoms with E-state index in [1.165, 1.54) is 5.57 Å². The van der Waals surface area contributed by atoms with E-state index in [0.29, 0.717) is 5.25 Å². The monoisotopic (exact) mass is 182 g/mol. The number of allylic oxidation sites excluding steroid dienone is 2. The Labute approximate surface area is 80.8 Å². The second kappa shape index (κ2) is 7.31. The average molecular weight is 182 g/mol. The van der Waals surface area contributed by atoms with Crippen LogP contribution >= 0.6 is 11.8 Å². The van der Waals surface area contributed by atoms with Crippen LogP contribution < -0.4 is 0 Å². The molecule has 0 aromatic rings. The highest BCUT2D eigenvalue weighted by Gasteiger charge is 2.02. The molecular formula is C11H18S. The van der Waals surface area contributed by atoms with Crippen molar-refractivity contribution in [2.45, 2.75) is 38.9 Å². The standard InChI is InChI=1S/C11H18S/c1-5-7-10(3)9-11(12-4)8-6-2/h7,11H,5,9H2,1-4H3. The molecular weight excluding hydrogens is 164 g/mol. The van der Waals surface area contributed by atoms with E-state index >= 15 is 0 Å². The Morgan fingerprint density at radius 1 is 1.58 bits per heavy atom. The Bertz CT molecular complexity index is 193. The quantitative estimate of drug-likeness (QED) is 0.474. The minimum atomic E-state index is 0.484. The highest BCUT2D eigenvalue weighted by Crippen LogP contribution is 2.15. The predicted octanol–water partition coefficient (Wildman–Crippen LogP) is 3.49. The van der Waals surface area contributed by atoms with Gasteiger partial charge < -0.3 is 0 Å². The van der Waals surface area contributed by atoms with Gasteiger partial charge >= 0.3 is 0 Å². The van der Waals surface area contributed by atoms with E-state index in [4.69, 9.17) is 0 Å². The molecule has 0 saturated heterocycles. The van der Waals surface area contributed by atoms with Gasteiger partial charge in [0.05, 0.1) is 5.25 Å². The Morgan fingerprint density at radius 2 is 2.25 bits per heavy atom. The molecule has 1 unspecified atom stereocenters. The van der Waals surface area contributed by atoms with Crippen molar-refractivity contribution in [2.24, 2.45) is 0 Å². The van der Waals surface area contributed by atoms with Gasteiger partial charge in [0.25, 0.3) is 0 Å². The van der Waals surface area contributed by atoms with Crippen molar-refractivity contribution in [3.63, 3.8) is 0 Å². The van der Waals surface area contributed by atoms with Crippen molar-refractivity contribution >= 4 is 11.8 Å². The molecule has 1 atom stereocenters. The van der Waals surface area contributed by atoms with Gasteiger partial charge in [-0.2, -0.15) is 0 Å². The zero-order valence-electron chi connectivity index (χ0n) is 8.48. The summed E-state index contributed by atoms with van der Waals surface area (Å²) in [6, 6.07) is 0. The summed E-state index contributed by atoms with van der Waals surface area (Å²) >= 11 is 1.83. The van der Waals surface area contributed by atoms with Crippen molar-refractivity contribution in [3.05, 3.63) is 11.6 Å². The van der Waals surface area contributed by atoms with E-state index in [-0.39, 0.29) is 0 Å². The Kier molecular flexibility index (Phi) is 7.09. The Hall–Kier alpha value is -0.350. The summed E-state index contributed by atoms with van der Waals surface area (Å²) in [6.45, 7) is 6.26. The molecule has 0 aliphatic carbocycles. The lowest BCUT2D eigenvalue weighted by atomic mass is 10.1. The third-order valence-electron chi connectivity index (χ3n) is 1.65. The topological polar surface area (TPSA) is 0 Å². The summed E-state index contributed by atoms with van der Waals surface area (Å²) in [5.74, 6) is 6.16. The van der Waals surface area contributed by atoms with Gasteiger partial charge in [-0.05, 0) is 32.9 Å². The lowest BCUT2D eigenvalue weighted by Crippen LogP contribution is -1.98. The first-order valence-corrected chi connectivity index (χ1v) is 5.64. The lowest BCUT2D eigenvalue weighted by molar-refractivity contribution is 0.997. The molecule has 0 spiro atoms. The molecule has 0 aliphatic heterocycles. The number of rotatable bonds is 4. The van der Waals surface area contributed by atoms with E-state index in [0.717, 1.165) is 12.8 Å². The Morgan fingerprint density at radius 3 is 2.67 bits per heavy atom. The van der Waals surface area contributed by atoms with Crippen LogP contribution in [0.1, 0.15) is 33.6 Å². The molecule has 0 aromatic carbocycles. The predicted molar refractivity (Wildman–Crippen MR) is 59.4 cm³/mol. The summed E-state index contributed by atoms with van der Waals surface area (Å²) in [7, 11) is 0. The van der Waals surface area contributed by atoms with Gasteiger partial charge in [0.2, 0.25) is 0 Å². The molecule has 0 bridgehead atoms. The zero-order valence-corrected chi connectivity index (χ0v) is 9.29. The summed E-state index contributed by atoms with van der Waals surface area (Å²) in [4.78, 5) is 0. The summed E-state index contributed by atoms with van der Waals surface area (Å²) < 4.78 is 0. The van der Waals surface area contributed by atoms with E-state index in [2.05, 4.69) is 38.0 Å². The van der Waals surface area contributed by atoms with Crippen LogP contribution in [0.5, 0.6) is 0 Å². The maximum atomic E-state index is 3.19. The first-order chi connectivity index (χ1) is 5.74. The van der Waals surface area contributed by atoms with Gasteiger partial charge in [0.15, 0.2) is 0 Å². The van der Waals surface area contributed by atoms with E-state index in [1.807, 2.05) is 18.7 Å². The van der Waals surface area contributed by atoms with Crippen molar-refractivity contribution in [2.75, 3.05) is 6.26 Å². The van der Waals surface area contributed by atoms with Crippen molar-refractivity contribution in [3.8, 4) is 11.8 Å². The fourth-order valence-electron chi connectivity index (χ4n) is 1.08. The fraction of sp³-hybridized carbons (Fsp3) is 0.636. The van der Waals surface area contributed by atoms with Crippen LogP contribution in [0.3, 0.4) is 0 Å². The third-order valence-corrected chi connectivity index (χ3v) is 2.50. The molecule has 1 heteroatoms. The summed E-state index contributed by atoms with van der Waals surface area (Å²) in [5, 5.41) is 0.484. The molecule has 0 fully saturated rings. The molecule has 0 saturated carbocycles. The molecule has 0 aliphatic rings. The van der Waals surface area contributed by atoms with Gasteiger partial charge in [0.1, 0.15) is 0 Å². The summed E-state index contributed by atoms with van der Waals surface area (Å²) in [5.41, 5.74) is 1.46. The van der Waals surface area contributed by atoms with Crippen LogP contribution in [-0.2, 0) is 0 Å². The normalized spacial score (nSPS) is 13.5. The van der Waals surface area contributed by atoms with Gasteiger partial charge in [-0.25, -0.2) is 0 Å². The maximum Gasteiger partial charge on any atom is 0.0691 e. The Balaban J connectivity index is 3.99. The van der Waals surface area contributed by atoms with Crippen LogP contribution in [-0.4, -0.2) is 11.5 Å². The molecule has 0 amide bonds. The van der Waals surface area contributed by atoms with Crippen LogP contribution in [0.2, 0.25) is 0 Å². The smallest absolute Gasteiger partial charge is 0.0691 e. The molecule has 0 radical (unpaired) electrons. The molecule has 0 nitrogen and oxygen atoms in total. The van der Waals surface area contributed by atoms with E-state index < -0.39 is 0 Å². The van der Waals surface area contributed by atoms with Crippen molar-refractivity contribution < 1.29 is 0 Å². The van der Waals surface area contributed by atoms with Crippen LogP contribution in [0.4, 0.5) is 0 Å². The number of hydrogen-bond acceptors (Lipinski definition) is 1. The average Bonchev–Trinajstić information content (AvgIpc) is 2.04. The van der Waals surface area contributed by atoms with Gasteiger partial charge in [-0.15, -0.1) is 17.7 Å². The van der Waals surface area contributed by atoms with Gasteiger partial charge in [-0.3, -0.25) is 0 Å². The van der Waals surface area contributed by atoms with Crippen LogP contribution in [0, 0.1) is 11.8 Å². The van der Waals surface area contributed by atoms with Gasteiger partial charge in [-0.1, -0.05) is 24.5 Å². The minimum Gasteiger partial charge on any atom is -0.149 e. The maximum absolute atomic E-state index is 3.19. The summed E-state index contributed by atoms with van der Waals surface area (Å²) in [6.07, 6.45) is 6.64. The number of hydrogen-bond donors (Lipinski definition) is 0. The molecule has 0 rings (SSSR count). The van der Waals surface area contributed by atoms with Crippen LogP contribution in [0.15, 0.2) is 11.6 Å². The fourth-order valence-corrected chi connectivity index (χ4v) is 1.74. The van der Waals surface area contributed by atoms with E-state index in [9.17, 15) is 0 Å². The highest BCUT2D eigenvalue weighted by atomic mass is 32.2. The molecule has 0 heterocycles. The number of thioether (sulfide) groups is 1. The van der Waals surface area contributed by atoms with Gasteiger partial charge in [0, 0.05) is 0 Å².